The molecular weight excluding hydrogens is 244 g/mol. The van der Waals surface area contributed by atoms with Crippen LogP contribution in [-0.4, -0.2) is 33.1 Å². The molecule has 17 heavy (non-hydrogen) atoms. The van der Waals surface area contributed by atoms with E-state index in [1.807, 2.05) is 0 Å². The van der Waals surface area contributed by atoms with Crippen molar-refractivity contribution >= 4 is 11.6 Å². The lowest BCUT2D eigenvalue weighted by Crippen LogP contribution is -2.02. The lowest BCUT2D eigenvalue weighted by molar-refractivity contribution is 0.192. The van der Waals surface area contributed by atoms with Gasteiger partial charge in [0.2, 0.25) is 5.89 Å². The van der Waals surface area contributed by atoms with Gasteiger partial charge in [-0.15, -0.1) is 0 Å². The molecule has 0 radical (unpaired) electrons. The van der Waals surface area contributed by atoms with Crippen LogP contribution in [-0.2, 0) is 11.3 Å². The van der Waals surface area contributed by atoms with Gasteiger partial charge < -0.3 is 9.26 Å². The summed E-state index contributed by atoms with van der Waals surface area (Å²) in [5.41, 5.74) is 0. The molecule has 1 saturated heterocycles. The Kier molecular flexibility index (Phi) is 2.82. The summed E-state index contributed by atoms with van der Waals surface area (Å²) in [6.07, 6.45) is 4.24. The van der Waals surface area contributed by atoms with Crippen molar-refractivity contribution in [1.82, 2.24) is 19.9 Å². The SMILES string of the molecule is Clc1cnn(Cc2nc([C@@H]3CCOC3)no2)c1. The number of halogens is 1. The molecule has 6 nitrogen and oxygen atoms in total. The lowest BCUT2D eigenvalue weighted by Gasteiger charge is -1.97. The van der Waals surface area contributed by atoms with Crippen molar-refractivity contribution in [2.24, 2.45) is 0 Å². The molecule has 90 valence electrons. The van der Waals surface area contributed by atoms with Gasteiger partial charge in [0.05, 0.1) is 17.8 Å². The molecule has 0 bridgehead atoms. The van der Waals surface area contributed by atoms with Gasteiger partial charge in [-0.05, 0) is 6.42 Å². The van der Waals surface area contributed by atoms with Gasteiger partial charge in [-0.25, -0.2) is 0 Å². The Morgan fingerprint density at radius 3 is 3.18 bits per heavy atom. The van der Waals surface area contributed by atoms with E-state index in [2.05, 4.69) is 15.2 Å². The smallest absolute Gasteiger partial charge is 0.248 e. The Labute approximate surface area is 103 Å². The molecule has 0 N–H and O–H groups in total. The molecule has 1 aliphatic heterocycles. The topological polar surface area (TPSA) is 66.0 Å². The molecule has 1 aliphatic rings. The molecule has 1 fully saturated rings. The predicted molar refractivity (Wildman–Crippen MR) is 58.8 cm³/mol. The number of hydrogen-bond acceptors (Lipinski definition) is 5. The Bertz CT molecular complexity index is 504. The summed E-state index contributed by atoms with van der Waals surface area (Å²) in [5, 5.41) is 8.60. The van der Waals surface area contributed by atoms with Crippen molar-refractivity contribution in [3.8, 4) is 0 Å². The first kappa shape index (κ1) is 10.7. The average Bonchev–Trinajstić information content (AvgIpc) is 3.00. The third-order valence-corrected chi connectivity index (χ3v) is 2.87. The number of nitrogens with zero attached hydrogens (tertiary/aromatic N) is 4. The fraction of sp³-hybridized carbons (Fsp3) is 0.500. The summed E-state index contributed by atoms with van der Waals surface area (Å²) < 4.78 is 12.1. The number of ether oxygens (including phenoxy) is 1. The van der Waals surface area contributed by atoms with Crippen molar-refractivity contribution in [2.45, 2.75) is 18.9 Å². The molecule has 2 aromatic heterocycles. The summed E-state index contributed by atoms with van der Waals surface area (Å²) in [6.45, 7) is 1.88. The molecule has 7 heteroatoms. The summed E-state index contributed by atoms with van der Waals surface area (Å²) >= 11 is 5.77. The van der Waals surface area contributed by atoms with E-state index in [0.29, 0.717) is 24.1 Å². The molecular formula is C10H11ClN4O2. The third kappa shape index (κ3) is 2.32. The van der Waals surface area contributed by atoms with Gasteiger partial charge in [-0.1, -0.05) is 16.8 Å². The van der Waals surface area contributed by atoms with Crippen LogP contribution >= 0.6 is 11.6 Å². The summed E-state index contributed by atoms with van der Waals surface area (Å²) in [4.78, 5) is 4.34. The molecule has 2 aromatic rings. The molecule has 0 aromatic carbocycles. The van der Waals surface area contributed by atoms with Crippen LogP contribution in [0.5, 0.6) is 0 Å². The van der Waals surface area contributed by atoms with Gasteiger partial charge >= 0.3 is 0 Å². The van der Waals surface area contributed by atoms with E-state index in [0.717, 1.165) is 18.9 Å². The van der Waals surface area contributed by atoms with Crippen LogP contribution in [0.3, 0.4) is 0 Å². The summed E-state index contributed by atoms with van der Waals surface area (Å²) in [5.74, 6) is 1.51. The molecule has 0 amide bonds. The Morgan fingerprint density at radius 1 is 1.53 bits per heavy atom. The van der Waals surface area contributed by atoms with E-state index in [-0.39, 0.29) is 5.92 Å². The highest BCUT2D eigenvalue weighted by molar-refractivity contribution is 6.30. The van der Waals surface area contributed by atoms with Gasteiger partial charge in [-0.3, -0.25) is 4.68 Å². The average molecular weight is 255 g/mol. The van der Waals surface area contributed by atoms with Gasteiger partial charge in [-0.2, -0.15) is 10.1 Å². The number of aromatic nitrogens is 4. The van der Waals surface area contributed by atoms with E-state index in [4.69, 9.17) is 20.9 Å². The van der Waals surface area contributed by atoms with Crippen molar-refractivity contribution in [1.29, 1.82) is 0 Å². The first-order valence-electron chi connectivity index (χ1n) is 5.39. The Morgan fingerprint density at radius 2 is 2.47 bits per heavy atom. The second-order valence-corrected chi connectivity index (χ2v) is 4.40. The molecule has 0 saturated carbocycles. The second kappa shape index (κ2) is 4.46. The molecule has 0 spiro atoms. The maximum atomic E-state index is 5.77. The number of hydrogen-bond donors (Lipinski definition) is 0. The number of rotatable bonds is 3. The van der Waals surface area contributed by atoms with E-state index in [1.165, 1.54) is 0 Å². The van der Waals surface area contributed by atoms with Crippen molar-refractivity contribution < 1.29 is 9.26 Å². The quantitative estimate of drug-likeness (QED) is 0.830. The van der Waals surface area contributed by atoms with E-state index < -0.39 is 0 Å². The minimum atomic E-state index is 0.258. The van der Waals surface area contributed by atoms with Crippen LogP contribution in [0.4, 0.5) is 0 Å². The van der Waals surface area contributed by atoms with E-state index >= 15 is 0 Å². The molecule has 3 heterocycles. The van der Waals surface area contributed by atoms with Crippen molar-refractivity contribution in [3.05, 3.63) is 29.1 Å². The highest BCUT2D eigenvalue weighted by atomic mass is 35.5. The second-order valence-electron chi connectivity index (χ2n) is 3.96. The van der Waals surface area contributed by atoms with Crippen LogP contribution in [0.2, 0.25) is 5.02 Å². The molecule has 0 unspecified atom stereocenters. The zero-order valence-corrected chi connectivity index (χ0v) is 9.80. The third-order valence-electron chi connectivity index (χ3n) is 2.68. The predicted octanol–water partition coefficient (Wildman–Crippen LogP) is 1.47. The molecule has 3 rings (SSSR count). The van der Waals surface area contributed by atoms with Gasteiger partial charge in [0.1, 0.15) is 6.54 Å². The summed E-state index contributed by atoms with van der Waals surface area (Å²) in [7, 11) is 0. The first-order chi connectivity index (χ1) is 8.31. The standard InChI is InChI=1S/C10H11ClN4O2/c11-8-3-12-15(4-8)5-9-13-10(14-17-9)7-1-2-16-6-7/h3-4,7H,1-2,5-6H2/t7-/m1/s1. The van der Waals surface area contributed by atoms with E-state index in [9.17, 15) is 0 Å². The van der Waals surface area contributed by atoms with Crippen LogP contribution < -0.4 is 0 Å². The van der Waals surface area contributed by atoms with Crippen molar-refractivity contribution in [3.63, 3.8) is 0 Å². The minimum absolute atomic E-state index is 0.258. The summed E-state index contributed by atoms with van der Waals surface area (Å²) in [6, 6.07) is 0. The van der Waals surface area contributed by atoms with Crippen molar-refractivity contribution in [2.75, 3.05) is 13.2 Å². The van der Waals surface area contributed by atoms with Gasteiger partial charge in [0.15, 0.2) is 5.82 Å². The zero-order chi connectivity index (χ0) is 11.7. The molecule has 0 aliphatic carbocycles. The molecule has 1 atom stereocenters. The van der Waals surface area contributed by atoms with Gasteiger partial charge in [0.25, 0.3) is 0 Å². The van der Waals surface area contributed by atoms with Crippen LogP contribution in [0, 0.1) is 0 Å². The first-order valence-corrected chi connectivity index (χ1v) is 5.77. The fourth-order valence-corrected chi connectivity index (χ4v) is 1.96. The van der Waals surface area contributed by atoms with Gasteiger partial charge in [0, 0.05) is 18.7 Å². The lowest BCUT2D eigenvalue weighted by atomic mass is 10.1. The fourth-order valence-electron chi connectivity index (χ4n) is 1.80. The van der Waals surface area contributed by atoms with Crippen LogP contribution in [0.25, 0.3) is 0 Å². The maximum absolute atomic E-state index is 5.77. The largest absolute Gasteiger partial charge is 0.381 e. The maximum Gasteiger partial charge on any atom is 0.248 e. The Balaban J connectivity index is 1.71. The monoisotopic (exact) mass is 254 g/mol. The Hall–Kier alpha value is -1.40. The highest BCUT2D eigenvalue weighted by Crippen LogP contribution is 2.22. The zero-order valence-electron chi connectivity index (χ0n) is 9.04. The normalized spacial score (nSPS) is 19.9. The minimum Gasteiger partial charge on any atom is -0.381 e. The van der Waals surface area contributed by atoms with Crippen LogP contribution in [0.15, 0.2) is 16.9 Å². The van der Waals surface area contributed by atoms with Crippen LogP contribution in [0.1, 0.15) is 24.1 Å². The van der Waals surface area contributed by atoms with E-state index in [1.54, 1.807) is 17.1 Å². The highest BCUT2D eigenvalue weighted by Gasteiger charge is 2.23.